The molecule has 0 radical (unpaired) electrons. The van der Waals surface area contributed by atoms with Crippen LogP contribution in [0.25, 0.3) is 11.5 Å². The first-order valence-electron chi connectivity index (χ1n) is 15.5. The summed E-state index contributed by atoms with van der Waals surface area (Å²) in [5.74, 6) is 0.927. The Bertz CT molecular complexity index is 1730. The highest BCUT2D eigenvalue weighted by atomic mass is 16.5. The Hall–Kier alpha value is -5.37. The maximum absolute atomic E-state index is 13.6. The predicted molar refractivity (Wildman–Crippen MR) is 179 cm³/mol. The Morgan fingerprint density at radius 2 is 1.59 bits per heavy atom. The highest BCUT2D eigenvalue weighted by Crippen LogP contribution is 2.23. The number of aliphatic carboxylic acids is 1. The average Bonchev–Trinajstić information content (AvgIpc) is 3.44. The van der Waals surface area contributed by atoms with Gasteiger partial charge < -0.3 is 24.9 Å². The van der Waals surface area contributed by atoms with Crippen LogP contribution in [-0.4, -0.2) is 34.6 Å². The van der Waals surface area contributed by atoms with Crippen molar-refractivity contribution in [2.45, 2.75) is 52.1 Å². The fourth-order valence-corrected chi connectivity index (χ4v) is 5.19. The molecular weight excluding hydrogens is 578 g/mol. The van der Waals surface area contributed by atoms with Gasteiger partial charge in [0.1, 0.15) is 17.6 Å². The molecule has 5 aromatic rings. The first-order chi connectivity index (χ1) is 22.3. The summed E-state index contributed by atoms with van der Waals surface area (Å²) in [5, 5.41) is 15.8. The highest BCUT2D eigenvalue weighted by molar-refractivity contribution is 5.85. The number of aryl methyl sites for hydroxylation is 3. The summed E-state index contributed by atoms with van der Waals surface area (Å²) in [6.07, 6.45) is 1.39. The highest BCUT2D eigenvalue weighted by Gasteiger charge is 2.20. The van der Waals surface area contributed by atoms with Crippen LogP contribution < -0.4 is 15.4 Å². The molecule has 8 nitrogen and oxygen atoms in total. The lowest BCUT2D eigenvalue weighted by molar-refractivity contribution is -0.137. The molecule has 0 aliphatic carbocycles. The molecule has 0 aliphatic heterocycles. The van der Waals surface area contributed by atoms with Crippen molar-refractivity contribution in [1.82, 2.24) is 10.3 Å². The van der Waals surface area contributed by atoms with E-state index in [1.165, 1.54) is 0 Å². The molecule has 46 heavy (non-hydrogen) atoms. The van der Waals surface area contributed by atoms with E-state index < -0.39 is 12.0 Å². The molecule has 0 bridgehead atoms. The second-order valence-corrected chi connectivity index (χ2v) is 11.3. The first-order valence-corrected chi connectivity index (χ1v) is 15.5. The molecule has 3 N–H and O–H groups in total. The van der Waals surface area contributed by atoms with Crippen LogP contribution in [0.1, 0.15) is 40.1 Å². The molecule has 0 spiro atoms. The lowest BCUT2D eigenvalue weighted by atomic mass is 10.0. The Kier molecular flexibility index (Phi) is 10.8. The van der Waals surface area contributed by atoms with Crippen molar-refractivity contribution in [2.24, 2.45) is 0 Å². The number of rotatable bonds is 15. The molecule has 1 amide bonds. The van der Waals surface area contributed by atoms with E-state index in [1.54, 1.807) is 0 Å². The van der Waals surface area contributed by atoms with E-state index in [4.69, 9.17) is 9.15 Å². The molecular formula is C38H39N3O5. The van der Waals surface area contributed by atoms with Gasteiger partial charge in [-0.25, -0.2) is 4.98 Å². The van der Waals surface area contributed by atoms with Crippen LogP contribution in [0, 0.1) is 13.8 Å². The van der Waals surface area contributed by atoms with Gasteiger partial charge in [0.05, 0.1) is 12.3 Å². The van der Waals surface area contributed by atoms with Crippen LogP contribution in [-0.2, 0) is 35.4 Å². The molecule has 8 heteroatoms. The molecule has 0 unspecified atom stereocenters. The average molecular weight is 618 g/mol. The molecule has 5 rings (SSSR count). The number of carboxylic acids is 1. The van der Waals surface area contributed by atoms with E-state index in [9.17, 15) is 14.7 Å². The largest absolute Gasteiger partial charge is 0.493 e. The van der Waals surface area contributed by atoms with Crippen LogP contribution >= 0.6 is 0 Å². The summed E-state index contributed by atoms with van der Waals surface area (Å²) >= 11 is 0. The van der Waals surface area contributed by atoms with E-state index in [1.807, 2.05) is 117 Å². The summed E-state index contributed by atoms with van der Waals surface area (Å²) in [6.45, 7) is 4.52. The number of carbonyl (C=O) groups is 2. The molecule has 0 fully saturated rings. The molecule has 0 saturated carbocycles. The molecule has 4 aromatic carbocycles. The zero-order chi connectivity index (χ0) is 32.3. The van der Waals surface area contributed by atoms with Gasteiger partial charge in [-0.3, -0.25) is 9.59 Å². The van der Waals surface area contributed by atoms with Crippen molar-refractivity contribution in [3.05, 3.63) is 137 Å². The predicted octanol–water partition coefficient (Wildman–Crippen LogP) is 6.94. The second-order valence-electron chi connectivity index (χ2n) is 11.3. The number of nitrogens with zero attached hydrogens (tertiary/aromatic N) is 1. The number of aromatic nitrogens is 1. The van der Waals surface area contributed by atoms with Crippen molar-refractivity contribution >= 4 is 17.6 Å². The minimum atomic E-state index is -0.876. The van der Waals surface area contributed by atoms with E-state index in [0.717, 1.165) is 45.0 Å². The van der Waals surface area contributed by atoms with Crippen molar-refractivity contribution in [3.63, 3.8) is 0 Å². The van der Waals surface area contributed by atoms with Gasteiger partial charge in [0, 0.05) is 37.1 Å². The molecule has 0 saturated heterocycles. The van der Waals surface area contributed by atoms with Gasteiger partial charge in [-0.05, 0) is 73.4 Å². The molecule has 1 aromatic heterocycles. The minimum Gasteiger partial charge on any atom is -0.493 e. The number of ether oxygens (including phenoxy) is 1. The van der Waals surface area contributed by atoms with Crippen LogP contribution in [0.3, 0.4) is 0 Å². The number of amides is 1. The van der Waals surface area contributed by atoms with Crippen molar-refractivity contribution in [2.75, 3.05) is 11.9 Å². The monoisotopic (exact) mass is 617 g/mol. The standard InChI is InChI=1S/C38H39N3O5/c1-26-13-17-32(18-14-26)40-35(23-28-9-5-3-6-10-28)37(44)39-25-31-24-33(19-15-29(31)16-20-36(42)43)45-22-21-34-27(2)46-38(41-34)30-11-7-4-8-12-30/h3-15,17-19,24,35,40H,16,20-23,25H2,1-2H3,(H,39,44)(H,42,43)/t35-/m1/s1. The molecule has 0 aliphatic rings. The minimum absolute atomic E-state index is 0.0120. The number of hydrogen-bond acceptors (Lipinski definition) is 6. The molecule has 1 atom stereocenters. The molecule has 1 heterocycles. The van der Waals surface area contributed by atoms with Crippen LogP contribution in [0.2, 0.25) is 0 Å². The maximum Gasteiger partial charge on any atom is 0.303 e. The Balaban J connectivity index is 1.27. The third kappa shape index (κ3) is 9.08. The summed E-state index contributed by atoms with van der Waals surface area (Å²) < 4.78 is 12.0. The zero-order valence-corrected chi connectivity index (χ0v) is 26.2. The normalized spacial score (nSPS) is 11.5. The lowest BCUT2D eigenvalue weighted by Gasteiger charge is -2.21. The topological polar surface area (TPSA) is 114 Å². The fraction of sp³-hybridized carbons (Fsp3) is 0.237. The summed E-state index contributed by atoms with van der Waals surface area (Å²) in [4.78, 5) is 29.6. The van der Waals surface area contributed by atoms with Gasteiger partial charge >= 0.3 is 5.97 Å². The van der Waals surface area contributed by atoms with Gasteiger partial charge in [-0.1, -0.05) is 72.3 Å². The SMILES string of the molecule is Cc1ccc(N[C@H](Cc2ccccc2)C(=O)NCc2cc(OCCc3nc(-c4ccccc4)oc3C)ccc2CCC(=O)O)cc1. The molecule has 236 valence electrons. The van der Waals surface area contributed by atoms with Crippen LogP contribution in [0.5, 0.6) is 5.75 Å². The van der Waals surface area contributed by atoms with Gasteiger partial charge in [-0.15, -0.1) is 0 Å². The van der Waals surface area contributed by atoms with Crippen molar-refractivity contribution in [1.29, 1.82) is 0 Å². The number of anilines is 1. The van der Waals surface area contributed by atoms with Gasteiger partial charge in [0.15, 0.2) is 0 Å². The number of hydrogen-bond donors (Lipinski definition) is 3. The Morgan fingerprint density at radius 3 is 2.30 bits per heavy atom. The summed E-state index contributed by atoms with van der Waals surface area (Å²) in [5.41, 5.74) is 6.44. The fourth-order valence-electron chi connectivity index (χ4n) is 5.19. The van der Waals surface area contributed by atoms with Crippen molar-refractivity contribution in [3.8, 4) is 17.2 Å². The Morgan fingerprint density at radius 1 is 0.870 bits per heavy atom. The Labute approximate surface area is 269 Å². The second kappa shape index (κ2) is 15.6. The van der Waals surface area contributed by atoms with Gasteiger partial charge in [0.25, 0.3) is 0 Å². The van der Waals surface area contributed by atoms with E-state index in [2.05, 4.69) is 15.6 Å². The van der Waals surface area contributed by atoms with Crippen LogP contribution in [0.15, 0.2) is 108 Å². The van der Waals surface area contributed by atoms with Gasteiger partial charge in [0.2, 0.25) is 11.8 Å². The number of benzene rings is 4. The summed E-state index contributed by atoms with van der Waals surface area (Å²) in [7, 11) is 0. The summed E-state index contributed by atoms with van der Waals surface area (Å²) in [6, 6.07) is 32.7. The maximum atomic E-state index is 13.6. The number of nitrogens with one attached hydrogen (secondary N) is 2. The van der Waals surface area contributed by atoms with E-state index in [0.29, 0.717) is 37.5 Å². The van der Waals surface area contributed by atoms with Gasteiger partial charge in [-0.2, -0.15) is 0 Å². The van der Waals surface area contributed by atoms with E-state index >= 15 is 0 Å². The van der Waals surface area contributed by atoms with Crippen molar-refractivity contribution < 1.29 is 23.8 Å². The van der Waals surface area contributed by atoms with E-state index in [-0.39, 0.29) is 18.9 Å². The quantitative estimate of drug-likeness (QED) is 0.117. The smallest absolute Gasteiger partial charge is 0.303 e. The first kappa shape index (κ1) is 32.0. The van der Waals surface area contributed by atoms with Crippen LogP contribution in [0.4, 0.5) is 5.69 Å². The number of carbonyl (C=O) groups excluding carboxylic acids is 1. The number of carboxylic acid groups (broad SMARTS) is 1. The number of oxazole rings is 1. The third-order valence-corrected chi connectivity index (χ3v) is 7.75. The zero-order valence-electron chi connectivity index (χ0n) is 26.2. The lowest BCUT2D eigenvalue weighted by Crippen LogP contribution is -2.41. The third-order valence-electron chi connectivity index (χ3n) is 7.75.